The number of anilines is 1. The molecule has 108 valence electrons. The van der Waals surface area contributed by atoms with Crippen LogP contribution in [-0.4, -0.2) is 8.42 Å². The second kappa shape index (κ2) is 6.36. The Balaban J connectivity index is 2.45. The van der Waals surface area contributed by atoms with Crippen LogP contribution in [0, 0.1) is 11.3 Å². The van der Waals surface area contributed by atoms with Gasteiger partial charge in [-0.15, -0.1) is 0 Å². The Kier molecular flexibility index (Phi) is 4.94. The molecule has 0 saturated carbocycles. The summed E-state index contributed by atoms with van der Waals surface area (Å²) in [5.74, 6) is 0. The molecular formula is C13H7Br2ClN2O2S. The van der Waals surface area contributed by atoms with Gasteiger partial charge in [-0.25, -0.2) is 8.42 Å². The van der Waals surface area contributed by atoms with Gasteiger partial charge in [0.05, 0.1) is 22.3 Å². The molecule has 0 aliphatic heterocycles. The van der Waals surface area contributed by atoms with Crippen LogP contribution in [0.15, 0.2) is 50.2 Å². The highest BCUT2D eigenvalue weighted by atomic mass is 79.9. The Bertz CT molecular complexity index is 848. The molecule has 2 rings (SSSR count). The predicted molar refractivity (Wildman–Crippen MR) is 88.8 cm³/mol. The van der Waals surface area contributed by atoms with E-state index < -0.39 is 10.0 Å². The fraction of sp³-hybridized carbons (Fsp3) is 0. The molecule has 0 aromatic heterocycles. The van der Waals surface area contributed by atoms with Gasteiger partial charge >= 0.3 is 0 Å². The van der Waals surface area contributed by atoms with Crippen LogP contribution in [0.4, 0.5) is 5.69 Å². The summed E-state index contributed by atoms with van der Waals surface area (Å²) in [4.78, 5) is 0.0733. The lowest BCUT2D eigenvalue weighted by atomic mass is 10.2. The number of hydrogen-bond donors (Lipinski definition) is 1. The first kappa shape index (κ1) is 16.3. The van der Waals surface area contributed by atoms with E-state index in [0.29, 0.717) is 10.0 Å². The van der Waals surface area contributed by atoms with Gasteiger partial charge in [-0.1, -0.05) is 27.5 Å². The molecule has 21 heavy (non-hydrogen) atoms. The molecule has 4 nitrogen and oxygen atoms in total. The molecule has 2 aromatic rings. The van der Waals surface area contributed by atoms with Gasteiger partial charge in [-0.3, -0.25) is 4.72 Å². The van der Waals surface area contributed by atoms with Crippen LogP contribution in [0.25, 0.3) is 0 Å². The van der Waals surface area contributed by atoms with E-state index in [1.807, 2.05) is 6.07 Å². The van der Waals surface area contributed by atoms with Crippen molar-refractivity contribution in [2.75, 3.05) is 4.72 Å². The van der Waals surface area contributed by atoms with Crippen molar-refractivity contribution in [1.29, 1.82) is 5.26 Å². The summed E-state index contributed by atoms with van der Waals surface area (Å²) < 4.78 is 28.3. The maximum absolute atomic E-state index is 12.4. The summed E-state index contributed by atoms with van der Waals surface area (Å²) >= 11 is 12.4. The molecule has 0 aliphatic carbocycles. The standard InChI is InChI=1S/C13H7Br2ClN2O2S/c14-9-2-4-13(10(15)6-9)21(19,20)18-12-5-8(7-17)1-3-11(12)16/h1-6,18H. The zero-order valence-corrected chi connectivity index (χ0v) is 15.0. The van der Waals surface area contributed by atoms with Gasteiger partial charge in [0.25, 0.3) is 10.0 Å². The lowest BCUT2D eigenvalue weighted by Gasteiger charge is -2.11. The van der Waals surface area contributed by atoms with Crippen LogP contribution in [0.1, 0.15) is 5.56 Å². The highest BCUT2D eigenvalue weighted by Crippen LogP contribution is 2.30. The Labute approximate surface area is 144 Å². The summed E-state index contributed by atoms with van der Waals surface area (Å²) in [6.45, 7) is 0. The average molecular weight is 451 g/mol. The smallest absolute Gasteiger partial charge is 0.263 e. The average Bonchev–Trinajstić information content (AvgIpc) is 2.40. The number of nitriles is 1. The summed E-state index contributed by atoms with van der Waals surface area (Å²) in [5.41, 5.74) is 0.470. The van der Waals surface area contributed by atoms with Crippen molar-refractivity contribution in [3.8, 4) is 6.07 Å². The Hall–Kier alpha value is -1.07. The van der Waals surface area contributed by atoms with Crippen molar-refractivity contribution in [2.24, 2.45) is 0 Å². The van der Waals surface area contributed by atoms with E-state index in [0.717, 1.165) is 4.47 Å². The molecule has 0 bridgehead atoms. The van der Waals surface area contributed by atoms with Crippen molar-refractivity contribution in [1.82, 2.24) is 0 Å². The van der Waals surface area contributed by atoms with Crippen molar-refractivity contribution in [3.63, 3.8) is 0 Å². The van der Waals surface area contributed by atoms with Crippen LogP contribution in [0.2, 0.25) is 5.02 Å². The van der Waals surface area contributed by atoms with Crippen LogP contribution in [-0.2, 0) is 10.0 Å². The first-order valence-corrected chi connectivity index (χ1v) is 8.96. The molecule has 0 saturated heterocycles. The van der Waals surface area contributed by atoms with Gasteiger partial charge in [0.2, 0.25) is 0 Å². The van der Waals surface area contributed by atoms with Gasteiger partial charge in [0.1, 0.15) is 4.90 Å². The van der Waals surface area contributed by atoms with Crippen molar-refractivity contribution < 1.29 is 8.42 Å². The number of halogens is 3. The van der Waals surface area contributed by atoms with Crippen molar-refractivity contribution in [3.05, 3.63) is 55.9 Å². The minimum Gasteiger partial charge on any atom is -0.278 e. The molecule has 0 unspecified atom stereocenters. The number of hydrogen-bond acceptors (Lipinski definition) is 3. The Morgan fingerprint density at radius 2 is 1.86 bits per heavy atom. The first-order chi connectivity index (χ1) is 9.83. The van der Waals surface area contributed by atoms with Crippen LogP contribution in [0.5, 0.6) is 0 Å². The molecule has 0 atom stereocenters. The topological polar surface area (TPSA) is 70.0 Å². The molecular weight excluding hydrogens is 443 g/mol. The van der Waals surface area contributed by atoms with E-state index in [4.69, 9.17) is 16.9 Å². The molecule has 0 spiro atoms. The van der Waals surface area contributed by atoms with Gasteiger partial charge in [0.15, 0.2) is 0 Å². The molecule has 8 heteroatoms. The van der Waals surface area contributed by atoms with Crippen molar-refractivity contribution in [2.45, 2.75) is 4.90 Å². The lowest BCUT2D eigenvalue weighted by molar-refractivity contribution is 0.600. The molecule has 0 fully saturated rings. The molecule has 1 N–H and O–H groups in total. The van der Waals surface area contributed by atoms with E-state index in [2.05, 4.69) is 36.6 Å². The summed E-state index contributed by atoms with van der Waals surface area (Å²) in [5, 5.41) is 9.07. The fourth-order valence-corrected chi connectivity index (χ4v) is 4.60. The predicted octanol–water partition coefficient (Wildman–Crippen LogP) is 4.54. The van der Waals surface area contributed by atoms with Crippen LogP contribution >= 0.6 is 43.5 Å². The second-order valence-corrected chi connectivity index (χ2v) is 7.81. The number of nitrogens with zero attached hydrogens (tertiary/aromatic N) is 1. The van der Waals surface area contributed by atoms with E-state index >= 15 is 0 Å². The minimum absolute atomic E-state index is 0.0733. The molecule has 0 aliphatic rings. The Morgan fingerprint density at radius 1 is 1.14 bits per heavy atom. The monoisotopic (exact) mass is 448 g/mol. The maximum atomic E-state index is 12.4. The van der Waals surface area contributed by atoms with E-state index in [1.54, 1.807) is 12.1 Å². The van der Waals surface area contributed by atoms with Crippen LogP contribution < -0.4 is 4.72 Å². The van der Waals surface area contributed by atoms with Gasteiger partial charge < -0.3 is 0 Å². The number of rotatable bonds is 3. The third-order valence-corrected chi connectivity index (χ3v) is 5.69. The fourth-order valence-electron chi connectivity index (χ4n) is 1.57. The zero-order valence-electron chi connectivity index (χ0n) is 10.3. The first-order valence-electron chi connectivity index (χ1n) is 5.51. The van der Waals surface area contributed by atoms with E-state index in [-0.39, 0.29) is 15.6 Å². The van der Waals surface area contributed by atoms with Crippen molar-refractivity contribution >= 4 is 59.2 Å². The Morgan fingerprint density at radius 3 is 2.48 bits per heavy atom. The van der Waals surface area contributed by atoms with E-state index in [9.17, 15) is 8.42 Å². The molecule has 0 radical (unpaired) electrons. The summed E-state index contributed by atoms with van der Waals surface area (Å²) in [6, 6.07) is 11.0. The van der Waals surface area contributed by atoms with E-state index in [1.165, 1.54) is 24.3 Å². The molecule has 0 amide bonds. The van der Waals surface area contributed by atoms with Gasteiger partial charge in [0, 0.05) is 8.95 Å². The van der Waals surface area contributed by atoms with Gasteiger partial charge in [-0.2, -0.15) is 5.26 Å². The lowest BCUT2D eigenvalue weighted by Crippen LogP contribution is -2.14. The summed E-state index contributed by atoms with van der Waals surface area (Å²) in [7, 11) is -3.82. The highest BCUT2D eigenvalue weighted by Gasteiger charge is 2.19. The zero-order chi connectivity index (χ0) is 15.6. The van der Waals surface area contributed by atoms with Crippen LogP contribution in [0.3, 0.4) is 0 Å². The number of sulfonamides is 1. The summed E-state index contributed by atoms with van der Waals surface area (Å²) in [6.07, 6.45) is 0. The number of benzene rings is 2. The molecule has 0 heterocycles. The second-order valence-electron chi connectivity index (χ2n) is 3.99. The largest absolute Gasteiger partial charge is 0.278 e. The third-order valence-electron chi connectivity index (χ3n) is 2.52. The SMILES string of the molecule is N#Cc1ccc(Cl)c(NS(=O)(=O)c2ccc(Br)cc2Br)c1. The maximum Gasteiger partial charge on any atom is 0.263 e. The number of nitrogens with one attached hydrogen (secondary N) is 1. The highest BCUT2D eigenvalue weighted by molar-refractivity contribution is 9.11. The third kappa shape index (κ3) is 3.77. The quantitative estimate of drug-likeness (QED) is 0.747. The molecule has 2 aromatic carbocycles. The normalized spacial score (nSPS) is 11.0. The minimum atomic E-state index is -3.82. The van der Waals surface area contributed by atoms with Gasteiger partial charge in [-0.05, 0) is 52.3 Å².